The van der Waals surface area contributed by atoms with Crippen LogP contribution in [0.3, 0.4) is 0 Å². The fourth-order valence-electron chi connectivity index (χ4n) is 1.72. The molecule has 0 aliphatic carbocycles. The first-order valence-electron chi connectivity index (χ1n) is 5.15. The van der Waals surface area contributed by atoms with Gasteiger partial charge in [0.25, 0.3) is 0 Å². The second-order valence-corrected chi connectivity index (χ2v) is 4.70. The van der Waals surface area contributed by atoms with Crippen molar-refractivity contribution in [3.05, 3.63) is 16.4 Å². The van der Waals surface area contributed by atoms with Gasteiger partial charge in [0.15, 0.2) is 0 Å². The van der Waals surface area contributed by atoms with Crippen molar-refractivity contribution < 1.29 is 0 Å². The molecular formula is C10H15BrN4. The summed E-state index contributed by atoms with van der Waals surface area (Å²) in [5.74, 6) is 0.838. The molecule has 1 aliphatic rings. The number of hydrogen-bond donors (Lipinski definition) is 1. The largest absolute Gasteiger partial charge is 0.336 e. The van der Waals surface area contributed by atoms with E-state index in [1.54, 1.807) is 0 Å². The van der Waals surface area contributed by atoms with E-state index in [0.29, 0.717) is 6.04 Å². The maximum absolute atomic E-state index is 4.49. The Morgan fingerprint density at radius 1 is 1.60 bits per heavy atom. The highest BCUT2D eigenvalue weighted by Gasteiger charge is 2.20. The fourth-order valence-corrected chi connectivity index (χ4v) is 1.91. The standard InChI is InChI=1S/C10H15BrN4/c1-7-5-12-3-4-15(7)10-13-6-9(11)8(2)14-10/h6-7,12H,3-5H2,1-2H3/t7-/m0/s1. The highest BCUT2D eigenvalue weighted by Crippen LogP contribution is 2.18. The molecule has 1 N–H and O–H groups in total. The number of piperazine rings is 1. The average molecular weight is 271 g/mol. The molecule has 0 radical (unpaired) electrons. The Bertz CT molecular complexity index is 355. The SMILES string of the molecule is Cc1nc(N2CCNC[C@@H]2C)ncc1Br. The number of aryl methyl sites for hydroxylation is 1. The summed E-state index contributed by atoms with van der Waals surface area (Å²) in [5.41, 5.74) is 0.991. The summed E-state index contributed by atoms with van der Waals surface area (Å²) >= 11 is 3.41. The van der Waals surface area contributed by atoms with Crippen LogP contribution in [0.1, 0.15) is 12.6 Å². The Labute approximate surface area is 98.2 Å². The van der Waals surface area contributed by atoms with E-state index >= 15 is 0 Å². The second-order valence-electron chi connectivity index (χ2n) is 3.85. The normalized spacial score (nSPS) is 21.8. The third-order valence-corrected chi connectivity index (χ3v) is 3.44. The molecule has 2 rings (SSSR count). The number of anilines is 1. The Balaban J connectivity index is 2.24. The lowest BCUT2D eigenvalue weighted by Gasteiger charge is -2.34. The third kappa shape index (κ3) is 2.29. The number of hydrogen-bond acceptors (Lipinski definition) is 4. The molecule has 0 unspecified atom stereocenters. The molecule has 1 aromatic heterocycles. The molecule has 2 heterocycles. The molecule has 4 nitrogen and oxygen atoms in total. The second kappa shape index (κ2) is 4.45. The van der Waals surface area contributed by atoms with E-state index in [1.807, 2.05) is 13.1 Å². The molecule has 0 aromatic carbocycles. The van der Waals surface area contributed by atoms with Gasteiger partial charge in [-0.2, -0.15) is 0 Å². The van der Waals surface area contributed by atoms with Crippen LogP contribution in [-0.4, -0.2) is 35.6 Å². The van der Waals surface area contributed by atoms with Crippen LogP contribution in [0.2, 0.25) is 0 Å². The lowest BCUT2D eigenvalue weighted by molar-refractivity contribution is 0.492. The highest BCUT2D eigenvalue weighted by atomic mass is 79.9. The van der Waals surface area contributed by atoms with Gasteiger partial charge in [-0.25, -0.2) is 9.97 Å². The number of aromatic nitrogens is 2. The van der Waals surface area contributed by atoms with Crippen molar-refractivity contribution in [2.24, 2.45) is 0 Å². The smallest absolute Gasteiger partial charge is 0.225 e. The summed E-state index contributed by atoms with van der Waals surface area (Å²) in [6.07, 6.45) is 1.83. The maximum atomic E-state index is 4.49. The lowest BCUT2D eigenvalue weighted by Crippen LogP contribution is -2.50. The van der Waals surface area contributed by atoms with Gasteiger partial charge in [-0.1, -0.05) is 0 Å². The summed E-state index contributed by atoms with van der Waals surface area (Å²) in [6, 6.07) is 0.458. The molecule has 5 heteroatoms. The predicted molar refractivity (Wildman–Crippen MR) is 64.1 cm³/mol. The minimum atomic E-state index is 0.458. The summed E-state index contributed by atoms with van der Waals surface area (Å²) in [7, 11) is 0. The third-order valence-electron chi connectivity index (χ3n) is 2.66. The quantitative estimate of drug-likeness (QED) is 0.837. The van der Waals surface area contributed by atoms with Gasteiger partial charge in [-0.05, 0) is 29.8 Å². The minimum Gasteiger partial charge on any atom is -0.336 e. The van der Waals surface area contributed by atoms with Crippen molar-refractivity contribution in [3.8, 4) is 0 Å². The maximum Gasteiger partial charge on any atom is 0.225 e. The monoisotopic (exact) mass is 270 g/mol. The highest BCUT2D eigenvalue weighted by molar-refractivity contribution is 9.10. The summed E-state index contributed by atoms with van der Waals surface area (Å²) in [6.45, 7) is 7.15. The Morgan fingerprint density at radius 2 is 2.40 bits per heavy atom. The van der Waals surface area contributed by atoms with Gasteiger partial charge in [0.1, 0.15) is 0 Å². The van der Waals surface area contributed by atoms with Crippen molar-refractivity contribution in [3.63, 3.8) is 0 Å². The first kappa shape index (κ1) is 10.8. The van der Waals surface area contributed by atoms with E-state index in [9.17, 15) is 0 Å². The number of nitrogens with zero attached hydrogens (tertiary/aromatic N) is 3. The van der Waals surface area contributed by atoms with Crippen molar-refractivity contribution in [2.75, 3.05) is 24.5 Å². The first-order valence-corrected chi connectivity index (χ1v) is 5.94. The zero-order chi connectivity index (χ0) is 10.8. The number of halogens is 1. The molecule has 0 spiro atoms. The predicted octanol–water partition coefficient (Wildman–Crippen LogP) is 1.35. The van der Waals surface area contributed by atoms with E-state index in [1.165, 1.54) is 0 Å². The van der Waals surface area contributed by atoms with Crippen LogP contribution in [0.4, 0.5) is 5.95 Å². The van der Waals surface area contributed by atoms with Crippen LogP contribution in [0.5, 0.6) is 0 Å². The molecule has 0 amide bonds. The number of nitrogens with one attached hydrogen (secondary N) is 1. The van der Waals surface area contributed by atoms with E-state index in [4.69, 9.17) is 0 Å². The van der Waals surface area contributed by atoms with E-state index in [0.717, 1.165) is 35.7 Å². The Hall–Kier alpha value is -0.680. The zero-order valence-electron chi connectivity index (χ0n) is 9.00. The van der Waals surface area contributed by atoms with Crippen molar-refractivity contribution in [1.82, 2.24) is 15.3 Å². The van der Waals surface area contributed by atoms with Crippen molar-refractivity contribution in [1.29, 1.82) is 0 Å². The molecule has 0 saturated carbocycles. The van der Waals surface area contributed by atoms with Gasteiger partial charge in [0.2, 0.25) is 5.95 Å². The molecule has 1 aliphatic heterocycles. The molecule has 0 bridgehead atoms. The lowest BCUT2D eigenvalue weighted by atomic mass is 10.2. The van der Waals surface area contributed by atoms with E-state index in [2.05, 4.69) is 43.0 Å². The van der Waals surface area contributed by atoms with Gasteiger partial charge >= 0.3 is 0 Å². The molecule has 1 fully saturated rings. The molecule has 82 valence electrons. The van der Waals surface area contributed by atoms with Crippen LogP contribution in [0, 0.1) is 6.92 Å². The first-order chi connectivity index (χ1) is 7.18. The molecule has 15 heavy (non-hydrogen) atoms. The number of rotatable bonds is 1. The van der Waals surface area contributed by atoms with Crippen molar-refractivity contribution >= 4 is 21.9 Å². The molecule has 1 saturated heterocycles. The fraction of sp³-hybridized carbons (Fsp3) is 0.600. The molecular weight excluding hydrogens is 256 g/mol. The van der Waals surface area contributed by atoms with Gasteiger partial charge < -0.3 is 10.2 Å². The van der Waals surface area contributed by atoms with Gasteiger partial charge in [-0.3, -0.25) is 0 Å². The summed E-state index contributed by atoms with van der Waals surface area (Å²) in [4.78, 5) is 11.1. The average Bonchev–Trinajstić information content (AvgIpc) is 2.23. The Kier molecular flexibility index (Phi) is 3.21. The van der Waals surface area contributed by atoms with Gasteiger partial charge in [0, 0.05) is 31.9 Å². The van der Waals surface area contributed by atoms with Crippen LogP contribution in [0.15, 0.2) is 10.7 Å². The summed E-state index contributed by atoms with van der Waals surface area (Å²) in [5, 5.41) is 3.35. The van der Waals surface area contributed by atoms with E-state index in [-0.39, 0.29) is 0 Å². The molecule has 1 atom stereocenters. The topological polar surface area (TPSA) is 41.1 Å². The van der Waals surface area contributed by atoms with Crippen molar-refractivity contribution in [2.45, 2.75) is 19.9 Å². The zero-order valence-corrected chi connectivity index (χ0v) is 10.6. The Morgan fingerprint density at radius 3 is 3.07 bits per heavy atom. The molecule has 1 aromatic rings. The van der Waals surface area contributed by atoms with Gasteiger partial charge in [0.05, 0.1) is 10.2 Å². The van der Waals surface area contributed by atoms with Crippen LogP contribution in [-0.2, 0) is 0 Å². The van der Waals surface area contributed by atoms with Gasteiger partial charge in [-0.15, -0.1) is 0 Å². The minimum absolute atomic E-state index is 0.458. The van der Waals surface area contributed by atoms with Crippen LogP contribution < -0.4 is 10.2 Å². The van der Waals surface area contributed by atoms with Crippen LogP contribution in [0.25, 0.3) is 0 Å². The summed E-state index contributed by atoms with van der Waals surface area (Å²) < 4.78 is 0.967. The van der Waals surface area contributed by atoms with E-state index < -0.39 is 0 Å². The van der Waals surface area contributed by atoms with Crippen LogP contribution >= 0.6 is 15.9 Å².